The van der Waals surface area contributed by atoms with Crippen LogP contribution in [0.3, 0.4) is 0 Å². The fourth-order valence-corrected chi connectivity index (χ4v) is 3.80. The number of aryl methyl sites for hydroxylation is 1. The van der Waals surface area contributed by atoms with Gasteiger partial charge in [0, 0.05) is 56.8 Å². The molecule has 1 N–H and O–H groups in total. The van der Waals surface area contributed by atoms with Gasteiger partial charge in [-0.2, -0.15) is 0 Å². The number of hydrogen-bond acceptors (Lipinski definition) is 4. The van der Waals surface area contributed by atoms with Gasteiger partial charge in [-0.05, 0) is 30.8 Å². The fraction of sp³-hybridized carbons (Fsp3) is 0.320. The SMILES string of the molecule is CN1CCN(c2ccccc2CNC(=O)CCc2ccc(-c3ccccc3)o2)CC1. The highest BCUT2D eigenvalue weighted by Crippen LogP contribution is 2.23. The second-order valence-corrected chi connectivity index (χ2v) is 7.83. The van der Waals surface area contributed by atoms with Crippen molar-refractivity contribution in [1.29, 1.82) is 0 Å². The van der Waals surface area contributed by atoms with E-state index in [4.69, 9.17) is 4.42 Å². The molecule has 0 unspecified atom stereocenters. The lowest BCUT2D eigenvalue weighted by Gasteiger charge is -2.35. The first kappa shape index (κ1) is 20.2. The second-order valence-electron chi connectivity index (χ2n) is 7.83. The van der Waals surface area contributed by atoms with Gasteiger partial charge in [-0.3, -0.25) is 4.79 Å². The van der Waals surface area contributed by atoms with E-state index < -0.39 is 0 Å². The number of piperazine rings is 1. The minimum atomic E-state index is 0.0424. The first-order valence-electron chi connectivity index (χ1n) is 10.6. The van der Waals surface area contributed by atoms with Gasteiger partial charge >= 0.3 is 0 Å². The molecule has 1 saturated heterocycles. The molecule has 4 rings (SSSR count). The maximum absolute atomic E-state index is 12.4. The standard InChI is InChI=1S/C25H29N3O2/c1-27-15-17-28(18-16-27)23-10-6-5-9-21(23)19-26-25(29)14-12-22-11-13-24(30-22)20-7-3-2-4-8-20/h2-11,13H,12,14-19H2,1H3,(H,26,29). The highest BCUT2D eigenvalue weighted by atomic mass is 16.3. The van der Waals surface area contributed by atoms with Crippen molar-refractivity contribution in [2.75, 3.05) is 38.1 Å². The van der Waals surface area contributed by atoms with Gasteiger partial charge in [-0.15, -0.1) is 0 Å². The summed E-state index contributed by atoms with van der Waals surface area (Å²) in [6.07, 6.45) is 1.01. The number of carbonyl (C=O) groups is 1. The Kier molecular flexibility index (Phi) is 6.50. The van der Waals surface area contributed by atoms with Crippen LogP contribution in [-0.2, 0) is 17.8 Å². The van der Waals surface area contributed by atoms with Crippen LogP contribution >= 0.6 is 0 Å². The van der Waals surface area contributed by atoms with Crippen LogP contribution in [0.5, 0.6) is 0 Å². The van der Waals surface area contributed by atoms with Gasteiger partial charge in [0.25, 0.3) is 0 Å². The van der Waals surface area contributed by atoms with Crippen LogP contribution in [0, 0.1) is 0 Å². The number of likely N-dealkylation sites (N-methyl/N-ethyl adjacent to an activating group) is 1. The van der Waals surface area contributed by atoms with E-state index in [1.165, 1.54) is 11.3 Å². The van der Waals surface area contributed by atoms with Crippen molar-refractivity contribution in [2.24, 2.45) is 0 Å². The van der Waals surface area contributed by atoms with Crippen LogP contribution in [-0.4, -0.2) is 44.0 Å². The Bertz CT molecular complexity index is 959. The molecule has 0 spiro atoms. The number of nitrogens with zero attached hydrogens (tertiary/aromatic N) is 2. The lowest BCUT2D eigenvalue weighted by molar-refractivity contribution is -0.121. The van der Waals surface area contributed by atoms with E-state index in [0.717, 1.165) is 43.3 Å². The van der Waals surface area contributed by atoms with Crippen molar-refractivity contribution in [3.63, 3.8) is 0 Å². The van der Waals surface area contributed by atoms with E-state index >= 15 is 0 Å². The summed E-state index contributed by atoms with van der Waals surface area (Å²) >= 11 is 0. The smallest absolute Gasteiger partial charge is 0.220 e. The predicted octanol–water partition coefficient (Wildman–Crippen LogP) is 3.95. The molecule has 1 amide bonds. The first-order chi connectivity index (χ1) is 14.7. The molecule has 0 bridgehead atoms. The van der Waals surface area contributed by atoms with Gasteiger partial charge in [0.1, 0.15) is 11.5 Å². The van der Waals surface area contributed by atoms with Crippen LogP contribution in [0.25, 0.3) is 11.3 Å². The maximum atomic E-state index is 12.4. The average Bonchev–Trinajstić information content (AvgIpc) is 3.27. The summed E-state index contributed by atoms with van der Waals surface area (Å²) in [4.78, 5) is 17.2. The van der Waals surface area contributed by atoms with Crippen LogP contribution in [0.1, 0.15) is 17.7 Å². The third-order valence-electron chi connectivity index (χ3n) is 5.63. The van der Waals surface area contributed by atoms with Crippen LogP contribution < -0.4 is 10.2 Å². The van der Waals surface area contributed by atoms with Crippen molar-refractivity contribution < 1.29 is 9.21 Å². The van der Waals surface area contributed by atoms with Crippen molar-refractivity contribution in [3.8, 4) is 11.3 Å². The molecule has 0 radical (unpaired) electrons. The van der Waals surface area contributed by atoms with Crippen LogP contribution in [0.4, 0.5) is 5.69 Å². The van der Waals surface area contributed by atoms with Gasteiger partial charge in [0.15, 0.2) is 0 Å². The third kappa shape index (κ3) is 5.10. The summed E-state index contributed by atoms with van der Waals surface area (Å²) in [5.74, 6) is 1.72. The van der Waals surface area contributed by atoms with Gasteiger partial charge in [0.05, 0.1) is 0 Å². The molecular weight excluding hydrogens is 374 g/mol. The highest BCUT2D eigenvalue weighted by Gasteiger charge is 2.17. The molecule has 156 valence electrons. The van der Waals surface area contributed by atoms with E-state index in [1.54, 1.807) is 0 Å². The number of rotatable bonds is 7. The van der Waals surface area contributed by atoms with E-state index in [9.17, 15) is 4.79 Å². The van der Waals surface area contributed by atoms with Gasteiger partial charge in [0.2, 0.25) is 5.91 Å². The molecule has 1 aliphatic rings. The van der Waals surface area contributed by atoms with Gasteiger partial charge in [-0.25, -0.2) is 0 Å². The Hall–Kier alpha value is -3.05. The van der Waals surface area contributed by atoms with Crippen LogP contribution in [0.2, 0.25) is 0 Å². The summed E-state index contributed by atoms with van der Waals surface area (Å²) in [6.45, 7) is 4.71. The fourth-order valence-electron chi connectivity index (χ4n) is 3.80. The molecule has 0 saturated carbocycles. The second kappa shape index (κ2) is 9.63. The van der Waals surface area contributed by atoms with E-state index in [-0.39, 0.29) is 5.91 Å². The number of hydrogen-bond donors (Lipinski definition) is 1. The summed E-state index contributed by atoms with van der Waals surface area (Å²) in [6, 6.07) is 22.3. The molecule has 3 aromatic rings. The average molecular weight is 404 g/mol. The van der Waals surface area contributed by atoms with Crippen molar-refractivity contribution in [1.82, 2.24) is 10.2 Å². The zero-order chi connectivity index (χ0) is 20.8. The predicted molar refractivity (Wildman–Crippen MR) is 120 cm³/mol. The lowest BCUT2D eigenvalue weighted by atomic mass is 10.1. The molecule has 5 nitrogen and oxygen atoms in total. The maximum Gasteiger partial charge on any atom is 0.220 e. The Labute approximate surface area is 178 Å². The Morgan fingerprint density at radius 1 is 0.933 bits per heavy atom. The normalized spacial score (nSPS) is 14.6. The van der Waals surface area contributed by atoms with Crippen molar-refractivity contribution >= 4 is 11.6 Å². The third-order valence-corrected chi connectivity index (χ3v) is 5.63. The monoisotopic (exact) mass is 403 g/mol. The number of benzene rings is 2. The lowest BCUT2D eigenvalue weighted by Crippen LogP contribution is -2.45. The minimum Gasteiger partial charge on any atom is -0.461 e. The highest BCUT2D eigenvalue weighted by molar-refractivity contribution is 5.76. The van der Waals surface area contributed by atoms with E-state index in [2.05, 4.69) is 40.4 Å². The number of anilines is 1. The van der Waals surface area contributed by atoms with Crippen molar-refractivity contribution in [2.45, 2.75) is 19.4 Å². The number of para-hydroxylation sites is 1. The molecule has 5 heteroatoms. The molecule has 1 fully saturated rings. The summed E-state index contributed by atoms with van der Waals surface area (Å²) in [7, 11) is 2.16. The van der Waals surface area contributed by atoms with E-state index in [1.807, 2.05) is 48.5 Å². The topological polar surface area (TPSA) is 48.7 Å². The zero-order valence-corrected chi connectivity index (χ0v) is 17.5. The van der Waals surface area contributed by atoms with E-state index in [0.29, 0.717) is 19.4 Å². The largest absolute Gasteiger partial charge is 0.461 e. The Morgan fingerprint density at radius 3 is 2.47 bits per heavy atom. The number of amides is 1. The summed E-state index contributed by atoms with van der Waals surface area (Å²) in [5.41, 5.74) is 3.44. The van der Waals surface area contributed by atoms with Crippen molar-refractivity contribution in [3.05, 3.63) is 78.1 Å². The molecule has 2 aromatic carbocycles. The molecule has 1 aliphatic heterocycles. The molecular formula is C25H29N3O2. The first-order valence-corrected chi connectivity index (χ1v) is 10.6. The van der Waals surface area contributed by atoms with Gasteiger partial charge in [-0.1, -0.05) is 48.5 Å². The molecule has 0 atom stereocenters. The summed E-state index contributed by atoms with van der Waals surface area (Å²) in [5, 5.41) is 3.08. The van der Waals surface area contributed by atoms with Gasteiger partial charge < -0.3 is 19.5 Å². The minimum absolute atomic E-state index is 0.0424. The zero-order valence-electron chi connectivity index (χ0n) is 17.5. The quantitative estimate of drug-likeness (QED) is 0.649. The number of furan rings is 1. The number of carbonyl (C=O) groups excluding carboxylic acids is 1. The number of nitrogens with one attached hydrogen (secondary N) is 1. The molecule has 2 heterocycles. The Morgan fingerprint density at radius 2 is 1.67 bits per heavy atom. The molecule has 1 aromatic heterocycles. The Balaban J connectivity index is 1.29. The molecule has 30 heavy (non-hydrogen) atoms. The summed E-state index contributed by atoms with van der Waals surface area (Å²) < 4.78 is 5.90. The molecule has 0 aliphatic carbocycles. The van der Waals surface area contributed by atoms with Crippen LogP contribution in [0.15, 0.2) is 71.1 Å².